The monoisotopic (exact) mass is 518 g/mol. The molecule has 2 aromatic rings. The van der Waals surface area contributed by atoms with E-state index in [1.165, 1.54) is 19.3 Å². The molecule has 1 saturated carbocycles. The summed E-state index contributed by atoms with van der Waals surface area (Å²) in [4.78, 5) is 27.9. The molecule has 2 heterocycles. The molecule has 3 N–H and O–H groups in total. The minimum Gasteiger partial charge on any atom is -0.487 e. The maximum atomic E-state index is 13.4. The zero-order valence-electron chi connectivity index (χ0n) is 19.7. The largest absolute Gasteiger partial charge is 0.487 e. The second kappa shape index (κ2) is 9.96. The number of carbonyl (C=O) groups is 2. The Labute approximate surface area is 209 Å². The third-order valence-electron chi connectivity index (χ3n) is 5.70. The Morgan fingerprint density at radius 1 is 1.22 bits per heavy atom. The first-order valence-electron chi connectivity index (χ1n) is 11.0. The van der Waals surface area contributed by atoms with Crippen LogP contribution in [0.3, 0.4) is 0 Å². The summed E-state index contributed by atoms with van der Waals surface area (Å²) >= 11 is 0. The third kappa shape index (κ3) is 5.74. The first-order chi connectivity index (χ1) is 17.5. The first kappa shape index (κ1) is 25.7. The summed E-state index contributed by atoms with van der Waals surface area (Å²) in [5.74, 6) is -0.530. The SMILES string of the molecule is C=C1/C(=C\C=C(/C)Oc2ccnc(C(=O)NC)c2)O[C@@H]2[C@@H](NC(=O)Nc3ccc(F)c(C(F)(F)F)c3)[C@H]12. The van der Waals surface area contributed by atoms with Crippen LogP contribution in [-0.4, -0.2) is 36.1 Å². The van der Waals surface area contributed by atoms with E-state index in [4.69, 9.17) is 9.47 Å². The maximum absolute atomic E-state index is 13.4. The zero-order chi connectivity index (χ0) is 26.9. The number of hydrogen-bond donors (Lipinski definition) is 3. The number of rotatable bonds is 6. The summed E-state index contributed by atoms with van der Waals surface area (Å²) in [6.45, 7) is 5.71. The molecule has 1 aliphatic carbocycles. The molecule has 1 saturated heterocycles. The van der Waals surface area contributed by atoms with Crippen molar-refractivity contribution in [2.24, 2.45) is 5.92 Å². The number of nitrogens with one attached hydrogen (secondary N) is 3. The van der Waals surface area contributed by atoms with E-state index in [2.05, 4.69) is 27.5 Å². The quantitative estimate of drug-likeness (QED) is 0.385. The summed E-state index contributed by atoms with van der Waals surface area (Å²) in [7, 11) is 1.50. The third-order valence-corrected chi connectivity index (χ3v) is 5.70. The Bertz CT molecular complexity index is 1320. The van der Waals surface area contributed by atoms with Crippen LogP contribution in [0.15, 0.2) is 72.4 Å². The number of anilines is 1. The molecule has 0 radical (unpaired) electrons. The molecule has 0 unspecified atom stereocenters. The number of fused-ring (bicyclic) bond motifs is 1. The van der Waals surface area contributed by atoms with Gasteiger partial charge < -0.3 is 25.4 Å². The minimum absolute atomic E-state index is 0.194. The number of nitrogens with zero attached hydrogens (tertiary/aromatic N) is 1. The van der Waals surface area contributed by atoms with Gasteiger partial charge in [0, 0.05) is 25.0 Å². The fourth-order valence-electron chi connectivity index (χ4n) is 3.83. The Hall–Kier alpha value is -4.35. The predicted molar refractivity (Wildman–Crippen MR) is 125 cm³/mol. The molecular formula is C25H22F4N4O4. The highest BCUT2D eigenvalue weighted by Crippen LogP contribution is 2.50. The van der Waals surface area contributed by atoms with Crippen molar-refractivity contribution in [2.45, 2.75) is 25.2 Å². The van der Waals surface area contributed by atoms with Gasteiger partial charge in [-0.15, -0.1) is 0 Å². The van der Waals surface area contributed by atoms with Gasteiger partial charge in [-0.05, 0) is 48.9 Å². The van der Waals surface area contributed by atoms with Crippen molar-refractivity contribution in [1.29, 1.82) is 0 Å². The molecule has 2 aliphatic rings. The van der Waals surface area contributed by atoms with E-state index in [1.807, 2.05) is 0 Å². The van der Waals surface area contributed by atoms with Crippen LogP contribution in [0.5, 0.6) is 5.75 Å². The summed E-state index contributed by atoms with van der Waals surface area (Å²) in [5, 5.41) is 7.38. The lowest BCUT2D eigenvalue weighted by Gasteiger charge is -2.13. The van der Waals surface area contributed by atoms with Crippen molar-refractivity contribution in [2.75, 3.05) is 12.4 Å². The van der Waals surface area contributed by atoms with Gasteiger partial charge in [0.1, 0.15) is 34.9 Å². The van der Waals surface area contributed by atoms with E-state index in [1.54, 1.807) is 25.1 Å². The summed E-state index contributed by atoms with van der Waals surface area (Å²) in [6, 6.07) is 4.15. The van der Waals surface area contributed by atoms with E-state index in [9.17, 15) is 27.2 Å². The Morgan fingerprint density at radius 2 is 1.97 bits per heavy atom. The lowest BCUT2D eigenvalue weighted by molar-refractivity contribution is -0.139. The molecule has 0 spiro atoms. The number of ether oxygens (including phenoxy) is 2. The fourth-order valence-corrected chi connectivity index (χ4v) is 3.83. The van der Waals surface area contributed by atoms with Gasteiger partial charge in [-0.2, -0.15) is 13.2 Å². The smallest absolute Gasteiger partial charge is 0.419 e. The topological polar surface area (TPSA) is 102 Å². The van der Waals surface area contributed by atoms with Crippen molar-refractivity contribution < 1.29 is 36.6 Å². The van der Waals surface area contributed by atoms with Crippen LogP contribution in [0.25, 0.3) is 0 Å². The molecular weight excluding hydrogens is 496 g/mol. The number of halogens is 4. The summed E-state index contributed by atoms with van der Waals surface area (Å²) in [6.07, 6.45) is -0.472. The molecule has 2 fully saturated rings. The van der Waals surface area contributed by atoms with Gasteiger partial charge in [0.2, 0.25) is 0 Å². The minimum atomic E-state index is -4.88. The van der Waals surface area contributed by atoms with Crippen molar-refractivity contribution in [3.63, 3.8) is 0 Å². The van der Waals surface area contributed by atoms with Crippen LogP contribution in [0.4, 0.5) is 28.0 Å². The molecule has 1 aromatic heterocycles. The van der Waals surface area contributed by atoms with E-state index >= 15 is 0 Å². The lowest BCUT2D eigenvalue weighted by atomic mass is 10.1. The van der Waals surface area contributed by atoms with Crippen LogP contribution >= 0.6 is 0 Å². The molecule has 37 heavy (non-hydrogen) atoms. The number of pyridine rings is 1. The highest BCUT2D eigenvalue weighted by Gasteiger charge is 2.60. The van der Waals surface area contributed by atoms with Crippen molar-refractivity contribution >= 4 is 17.6 Å². The molecule has 1 aromatic carbocycles. The molecule has 1 aliphatic heterocycles. The van der Waals surface area contributed by atoms with E-state index < -0.39 is 29.6 Å². The average Bonchev–Trinajstić information content (AvgIpc) is 3.40. The van der Waals surface area contributed by atoms with Crippen LogP contribution < -0.4 is 20.7 Å². The van der Waals surface area contributed by atoms with Crippen LogP contribution in [-0.2, 0) is 10.9 Å². The molecule has 8 nitrogen and oxygen atoms in total. The predicted octanol–water partition coefficient (Wildman–Crippen LogP) is 4.54. The highest BCUT2D eigenvalue weighted by atomic mass is 19.4. The molecule has 3 atom stereocenters. The van der Waals surface area contributed by atoms with Crippen molar-refractivity contribution in [3.05, 3.63) is 89.4 Å². The zero-order valence-corrected chi connectivity index (χ0v) is 19.7. The number of alkyl halides is 3. The molecule has 0 bridgehead atoms. The molecule has 3 amide bonds. The van der Waals surface area contributed by atoms with Crippen LogP contribution in [0.2, 0.25) is 0 Å². The van der Waals surface area contributed by atoms with E-state index in [0.29, 0.717) is 35.0 Å². The number of urea groups is 1. The second-order valence-electron chi connectivity index (χ2n) is 8.32. The Balaban J connectivity index is 1.31. The molecule has 4 rings (SSSR count). The van der Waals surface area contributed by atoms with Crippen molar-refractivity contribution in [1.82, 2.24) is 15.6 Å². The average molecular weight is 518 g/mol. The number of aromatic nitrogens is 1. The number of hydrogen-bond acceptors (Lipinski definition) is 5. The maximum Gasteiger partial charge on any atom is 0.419 e. The Morgan fingerprint density at radius 3 is 2.62 bits per heavy atom. The first-order valence-corrected chi connectivity index (χ1v) is 11.0. The van der Waals surface area contributed by atoms with Gasteiger partial charge in [-0.1, -0.05) is 6.58 Å². The van der Waals surface area contributed by atoms with E-state index in [-0.39, 0.29) is 29.3 Å². The normalized spacial score (nSPS) is 21.7. The van der Waals surface area contributed by atoms with Gasteiger partial charge >= 0.3 is 12.2 Å². The van der Waals surface area contributed by atoms with Gasteiger partial charge in [0.15, 0.2) is 0 Å². The Kier molecular flexibility index (Phi) is 6.92. The van der Waals surface area contributed by atoms with E-state index in [0.717, 1.165) is 6.07 Å². The summed E-state index contributed by atoms with van der Waals surface area (Å²) < 4.78 is 63.6. The summed E-state index contributed by atoms with van der Waals surface area (Å²) in [5.41, 5.74) is -0.814. The van der Waals surface area contributed by atoms with Crippen LogP contribution in [0, 0.1) is 11.7 Å². The van der Waals surface area contributed by atoms with Crippen molar-refractivity contribution in [3.8, 4) is 5.75 Å². The number of amides is 3. The standard InChI is InChI=1S/C25H22F4N4O4/c1-12(36-15-8-9-31-18(11-15)23(34)30-3)4-7-19-13(2)20-21(22(20)37-19)33-24(35)32-14-5-6-17(26)16(10-14)25(27,28)29/h4-11,20-22H,2H2,1,3H3,(H,30,34)(H2,32,33,35)/b12-4+,19-7+/t20-,21-,22-/m0/s1. The lowest BCUT2D eigenvalue weighted by Crippen LogP contribution is -2.34. The van der Waals surface area contributed by atoms with Gasteiger partial charge in [0.05, 0.1) is 17.5 Å². The molecule has 194 valence electrons. The second-order valence-corrected chi connectivity index (χ2v) is 8.32. The molecule has 12 heteroatoms. The fraction of sp³-hybridized carbons (Fsp3) is 0.240. The highest BCUT2D eigenvalue weighted by molar-refractivity contribution is 5.92. The van der Waals surface area contributed by atoms with Gasteiger partial charge in [0.25, 0.3) is 5.91 Å². The number of allylic oxidation sites excluding steroid dienone is 4. The number of benzene rings is 1. The number of carbonyl (C=O) groups excluding carboxylic acids is 2. The van der Waals surface area contributed by atoms with Crippen LogP contribution in [0.1, 0.15) is 23.0 Å². The van der Waals surface area contributed by atoms with Gasteiger partial charge in [-0.3, -0.25) is 9.78 Å². The van der Waals surface area contributed by atoms with Gasteiger partial charge in [-0.25, -0.2) is 9.18 Å².